The van der Waals surface area contributed by atoms with E-state index in [4.69, 9.17) is 10.00 Å². The van der Waals surface area contributed by atoms with Gasteiger partial charge >= 0.3 is 0 Å². The molecule has 3 aromatic rings. The van der Waals surface area contributed by atoms with Crippen LogP contribution in [0.1, 0.15) is 15.9 Å². The molecular formula is C19H13NO2. The van der Waals surface area contributed by atoms with Crippen molar-refractivity contribution in [1.82, 2.24) is 0 Å². The van der Waals surface area contributed by atoms with Crippen molar-refractivity contribution >= 4 is 16.6 Å². The van der Waals surface area contributed by atoms with E-state index < -0.39 is 0 Å². The second kappa shape index (κ2) is 6.11. The summed E-state index contributed by atoms with van der Waals surface area (Å²) in [5, 5.41) is 11.0. The van der Waals surface area contributed by atoms with E-state index >= 15 is 0 Å². The highest BCUT2D eigenvalue weighted by Crippen LogP contribution is 2.17. The minimum atomic E-state index is -0.0897. The molecule has 0 amide bonds. The topological polar surface area (TPSA) is 50.1 Å². The molecule has 0 saturated heterocycles. The van der Waals surface area contributed by atoms with Crippen molar-refractivity contribution in [3.63, 3.8) is 0 Å². The Bertz CT molecular complexity index is 878. The fourth-order valence-corrected chi connectivity index (χ4v) is 2.25. The predicted molar refractivity (Wildman–Crippen MR) is 84.9 cm³/mol. The van der Waals surface area contributed by atoms with Crippen LogP contribution in [0.4, 0.5) is 0 Å². The molecule has 3 rings (SSSR count). The van der Waals surface area contributed by atoms with Crippen molar-refractivity contribution in [2.24, 2.45) is 0 Å². The molecule has 0 saturated carbocycles. The van der Waals surface area contributed by atoms with Crippen LogP contribution in [0, 0.1) is 11.3 Å². The van der Waals surface area contributed by atoms with Gasteiger partial charge < -0.3 is 4.74 Å². The van der Waals surface area contributed by atoms with Gasteiger partial charge in [0.1, 0.15) is 5.75 Å². The quantitative estimate of drug-likeness (QED) is 0.682. The lowest BCUT2D eigenvalue weighted by Gasteiger charge is -2.06. The summed E-state index contributed by atoms with van der Waals surface area (Å²) in [6.45, 7) is -0.0484. The van der Waals surface area contributed by atoms with Gasteiger partial charge in [0.15, 0.2) is 12.4 Å². The van der Waals surface area contributed by atoms with Crippen LogP contribution in [0.25, 0.3) is 10.8 Å². The van der Waals surface area contributed by atoms with Crippen molar-refractivity contribution < 1.29 is 9.53 Å². The zero-order valence-corrected chi connectivity index (χ0v) is 11.8. The fraction of sp³-hybridized carbons (Fsp3) is 0.0526. The molecule has 0 spiro atoms. The summed E-state index contributed by atoms with van der Waals surface area (Å²) in [5.74, 6) is 0.432. The Balaban J connectivity index is 1.74. The number of carbonyl (C=O) groups is 1. The standard InChI is InChI=1S/C19H13NO2/c20-12-14-4-3-7-18(10-14)22-13-19(21)17-9-8-15-5-1-2-6-16(15)11-17/h1-11H,13H2. The second-order valence-electron chi connectivity index (χ2n) is 4.91. The molecule has 3 aromatic carbocycles. The second-order valence-corrected chi connectivity index (χ2v) is 4.91. The number of nitriles is 1. The van der Waals surface area contributed by atoms with E-state index in [9.17, 15) is 4.79 Å². The van der Waals surface area contributed by atoms with Crippen LogP contribution in [0.5, 0.6) is 5.75 Å². The maximum Gasteiger partial charge on any atom is 0.200 e. The van der Waals surface area contributed by atoms with Crippen LogP contribution < -0.4 is 4.74 Å². The minimum Gasteiger partial charge on any atom is -0.485 e. The Morgan fingerprint density at radius 2 is 1.77 bits per heavy atom. The van der Waals surface area contributed by atoms with Gasteiger partial charge in [-0.15, -0.1) is 0 Å². The number of fused-ring (bicyclic) bond motifs is 1. The average Bonchev–Trinajstić information content (AvgIpc) is 2.59. The molecule has 22 heavy (non-hydrogen) atoms. The first-order valence-corrected chi connectivity index (χ1v) is 6.91. The Kier molecular flexibility index (Phi) is 3.84. The number of ketones is 1. The molecule has 0 fully saturated rings. The minimum absolute atomic E-state index is 0.0484. The SMILES string of the molecule is N#Cc1cccc(OCC(=O)c2ccc3ccccc3c2)c1. The first kappa shape index (κ1) is 13.8. The molecule has 0 atom stereocenters. The lowest BCUT2D eigenvalue weighted by molar-refractivity contribution is 0.0921. The van der Waals surface area contributed by atoms with E-state index in [1.807, 2.05) is 42.5 Å². The molecule has 0 unspecified atom stereocenters. The lowest BCUT2D eigenvalue weighted by Crippen LogP contribution is -2.11. The van der Waals surface area contributed by atoms with Crippen LogP contribution in [0.3, 0.4) is 0 Å². The van der Waals surface area contributed by atoms with Crippen LogP contribution in [0.15, 0.2) is 66.7 Å². The molecule has 0 aliphatic rings. The number of carbonyl (C=O) groups excluding carboxylic acids is 1. The number of hydrogen-bond donors (Lipinski definition) is 0. The van der Waals surface area contributed by atoms with Crippen molar-refractivity contribution in [3.8, 4) is 11.8 Å². The third-order valence-electron chi connectivity index (χ3n) is 3.40. The molecule has 0 bridgehead atoms. The Morgan fingerprint density at radius 1 is 0.955 bits per heavy atom. The highest BCUT2D eigenvalue weighted by Gasteiger charge is 2.08. The van der Waals surface area contributed by atoms with Crippen LogP contribution in [0.2, 0.25) is 0 Å². The number of Topliss-reactive ketones (excluding diaryl/α,β-unsaturated/α-hetero) is 1. The third-order valence-corrected chi connectivity index (χ3v) is 3.40. The van der Waals surface area contributed by atoms with Gasteiger partial charge in [-0.3, -0.25) is 4.79 Å². The van der Waals surface area contributed by atoms with E-state index in [1.54, 1.807) is 30.3 Å². The van der Waals surface area contributed by atoms with E-state index in [1.165, 1.54) is 0 Å². The number of benzene rings is 3. The lowest BCUT2D eigenvalue weighted by atomic mass is 10.0. The van der Waals surface area contributed by atoms with Gasteiger partial charge in [0.2, 0.25) is 0 Å². The molecule has 0 N–H and O–H groups in total. The van der Waals surface area contributed by atoms with E-state index in [0.29, 0.717) is 16.9 Å². The van der Waals surface area contributed by atoms with Gasteiger partial charge in [0, 0.05) is 5.56 Å². The predicted octanol–water partition coefficient (Wildman–Crippen LogP) is 3.97. The highest BCUT2D eigenvalue weighted by atomic mass is 16.5. The average molecular weight is 287 g/mol. The first-order chi connectivity index (χ1) is 10.8. The summed E-state index contributed by atoms with van der Waals surface area (Å²) in [5.41, 5.74) is 1.13. The molecular weight excluding hydrogens is 274 g/mol. The van der Waals surface area contributed by atoms with E-state index in [-0.39, 0.29) is 12.4 Å². The number of nitrogens with zero attached hydrogens (tertiary/aromatic N) is 1. The normalized spacial score (nSPS) is 10.1. The molecule has 0 aliphatic heterocycles. The van der Waals surface area contributed by atoms with Crippen molar-refractivity contribution in [1.29, 1.82) is 5.26 Å². The summed E-state index contributed by atoms with van der Waals surface area (Å²) < 4.78 is 5.48. The Labute approximate surface area is 128 Å². The third kappa shape index (κ3) is 2.97. The fourth-order valence-electron chi connectivity index (χ4n) is 2.25. The molecule has 3 nitrogen and oxygen atoms in total. The van der Waals surface area contributed by atoms with Gasteiger partial charge in [-0.1, -0.05) is 42.5 Å². The van der Waals surface area contributed by atoms with Crippen molar-refractivity contribution in [3.05, 3.63) is 77.9 Å². The molecule has 106 valence electrons. The summed E-state index contributed by atoms with van der Waals surface area (Å²) in [6.07, 6.45) is 0. The van der Waals surface area contributed by atoms with Gasteiger partial charge in [0.05, 0.1) is 11.6 Å². The summed E-state index contributed by atoms with van der Waals surface area (Å²) in [4.78, 5) is 12.2. The Morgan fingerprint density at radius 3 is 2.59 bits per heavy atom. The van der Waals surface area contributed by atoms with E-state index in [0.717, 1.165) is 10.8 Å². The molecule has 0 aromatic heterocycles. The summed E-state index contributed by atoms with van der Waals surface area (Å²) in [7, 11) is 0. The van der Waals surface area contributed by atoms with Crippen LogP contribution in [-0.4, -0.2) is 12.4 Å². The number of ether oxygens (including phenoxy) is 1. The molecule has 0 radical (unpaired) electrons. The maximum atomic E-state index is 12.2. The van der Waals surface area contributed by atoms with Gasteiger partial charge in [-0.05, 0) is 35.0 Å². The monoisotopic (exact) mass is 287 g/mol. The smallest absolute Gasteiger partial charge is 0.200 e. The van der Waals surface area contributed by atoms with Crippen LogP contribution >= 0.6 is 0 Å². The zero-order chi connectivity index (χ0) is 15.4. The summed E-state index contributed by atoms with van der Waals surface area (Å²) in [6, 6.07) is 22.3. The molecule has 0 aliphatic carbocycles. The summed E-state index contributed by atoms with van der Waals surface area (Å²) >= 11 is 0. The highest BCUT2D eigenvalue weighted by molar-refractivity contribution is 6.00. The molecule has 0 heterocycles. The van der Waals surface area contributed by atoms with E-state index in [2.05, 4.69) is 0 Å². The van der Waals surface area contributed by atoms with Gasteiger partial charge in [-0.25, -0.2) is 0 Å². The Hall–Kier alpha value is -3.12. The van der Waals surface area contributed by atoms with Gasteiger partial charge in [0.25, 0.3) is 0 Å². The van der Waals surface area contributed by atoms with Gasteiger partial charge in [-0.2, -0.15) is 5.26 Å². The maximum absolute atomic E-state index is 12.2. The number of hydrogen-bond acceptors (Lipinski definition) is 3. The van der Waals surface area contributed by atoms with Crippen molar-refractivity contribution in [2.75, 3.05) is 6.61 Å². The van der Waals surface area contributed by atoms with Crippen LogP contribution in [-0.2, 0) is 0 Å². The number of rotatable bonds is 4. The van der Waals surface area contributed by atoms with Crippen molar-refractivity contribution in [2.45, 2.75) is 0 Å². The largest absolute Gasteiger partial charge is 0.485 e. The first-order valence-electron chi connectivity index (χ1n) is 6.91. The molecule has 3 heteroatoms. The zero-order valence-electron chi connectivity index (χ0n) is 11.8.